The number of rotatable bonds is 1. The van der Waals surface area contributed by atoms with Gasteiger partial charge in [0.05, 0.1) is 17.1 Å². The molecule has 3 rings (SSSR count). The van der Waals surface area contributed by atoms with E-state index in [1.54, 1.807) is 0 Å². The zero-order valence-corrected chi connectivity index (χ0v) is 9.71. The third kappa shape index (κ3) is 1.78. The summed E-state index contributed by atoms with van der Waals surface area (Å²) < 4.78 is 2.08. The Labute approximate surface area is 100 Å². The van der Waals surface area contributed by atoms with Gasteiger partial charge < -0.3 is 15.4 Å². The number of anilines is 1. The van der Waals surface area contributed by atoms with Crippen molar-refractivity contribution in [3.63, 3.8) is 0 Å². The van der Waals surface area contributed by atoms with Crippen LogP contribution in [0, 0.1) is 0 Å². The number of nitrogens with zero attached hydrogens (tertiary/aromatic N) is 2. The molecule has 0 radical (unpaired) electrons. The highest BCUT2D eigenvalue weighted by Crippen LogP contribution is 2.33. The Morgan fingerprint density at radius 2 is 2.12 bits per heavy atom. The number of nitrogens with two attached hydrogens (primary N) is 1. The molecule has 90 valence electrons. The predicted molar refractivity (Wildman–Crippen MR) is 67.7 cm³/mol. The summed E-state index contributed by atoms with van der Waals surface area (Å²) in [5.74, 6) is 0.560. The molecule has 17 heavy (non-hydrogen) atoms. The summed E-state index contributed by atoms with van der Waals surface area (Å²) in [7, 11) is 0. The largest absolute Gasteiger partial charge is 0.393 e. The SMILES string of the molecule is Nc1nc2ccccc2n1[C@H]1CCC[C@@H](O)C1. The van der Waals surface area contributed by atoms with E-state index in [-0.39, 0.29) is 12.1 Å². The summed E-state index contributed by atoms with van der Waals surface area (Å²) in [6, 6.07) is 8.26. The topological polar surface area (TPSA) is 64.1 Å². The van der Waals surface area contributed by atoms with E-state index in [2.05, 4.69) is 9.55 Å². The van der Waals surface area contributed by atoms with Crippen molar-refractivity contribution in [1.82, 2.24) is 9.55 Å². The number of aliphatic hydroxyl groups excluding tert-OH is 1. The number of benzene rings is 1. The van der Waals surface area contributed by atoms with E-state index in [1.807, 2.05) is 24.3 Å². The standard InChI is InChI=1S/C13H17N3O/c14-13-15-11-6-1-2-7-12(11)16(13)9-4-3-5-10(17)8-9/h1-2,6-7,9-10,17H,3-5,8H2,(H2,14,15)/t9-,10+/m0/s1. The van der Waals surface area contributed by atoms with Crippen LogP contribution >= 0.6 is 0 Å². The Hall–Kier alpha value is -1.55. The summed E-state index contributed by atoms with van der Waals surface area (Å²) in [6.07, 6.45) is 3.61. The smallest absolute Gasteiger partial charge is 0.201 e. The molecule has 2 aromatic rings. The molecule has 0 aliphatic heterocycles. The predicted octanol–water partition coefficient (Wildman–Crippen LogP) is 2.09. The monoisotopic (exact) mass is 231 g/mol. The van der Waals surface area contributed by atoms with Crippen molar-refractivity contribution in [3.05, 3.63) is 24.3 Å². The molecule has 1 aliphatic carbocycles. The molecule has 1 aromatic carbocycles. The van der Waals surface area contributed by atoms with Crippen molar-refractivity contribution < 1.29 is 5.11 Å². The van der Waals surface area contributed by atoms with Crippen LogP contribution in [0.3, 0.4) is 0 Å². The molecule has 0 amide bonds. The van der Waals surface area contributed by atoms with Crippen LogP contribution < -0.4 is 5.73 Å². The molecule has 1 fully saturated rings. The lowest BCUT2D eigenvalue weighted by molar-refractivity contribution is 0.105. The summed E-state index contributed by atoms with van der Waals surface area (Å²) in [5.41, 5.74) is 8.01. The molecule has 0 unspecified atom stereocenters. The average Bonchev–Trinajstić information content (AvgIpc) is 2.64. The minimum Gasteiger partial charge on any atom is -0.393 e. The van der Waals surface area contributed by atoms with Crippen molar-refractivity contribution in [2.75, 3.05) is 5.73 Å². The quantitative estimate of drug-likeness (QED) is 0.790. The second-order valence-corrected chi connectivity index (χ2v) is 4.80. The van der Waals surface area contributed by atoms with Gasteiger partial charge >= 0.3 is 0 Å². The van der Waals surface area contributed by atoms with Crippen LogP contribution in [-0.4, -0.2) is 20.8 Å². The number of imidazole rings is 1. The Balaban J connectivity index is 2.06. The highest BCUT2D eigenvalue weighted by Gasteiger charge is 2.24. The Morgan fingerprint density at radius 1 is 1.29 bits per heavy atom. The molecule has 2 atom stereocenters. The van der Waals surface area contributed by atoms with Gasteiger partial charge in [-0.3, -0.25) is 0 Å². The van der Waals surface area contributed by atoms with Gasteiger partial charge in [0.25, 0.3) is 0 Å². The first kappa shape index (κ1) is 10.6. The Kier molecular flexibility index (Phi) is 2.52. The van der Waals surface area contributed by atoms with Gasteiger partial charge in [0.2, 0.25) is 5.95 Å². The van der Waals surface area contributed by atoms with Crippen LogP contribution in [0.5, 0.6) is 0 Å². The van der Waals surface area contributed by atoms with Crippen LogP contribution in [0.25, 0.3) is 11.0 Å². The van der Waals surface area contributed by atoms with Crippen molar-refractivity contribution in [2.45, 2.75) is 37.8 Å². The lowest BCUT2D eigenvalue weighted by Gasteiger charge is -2.28. The normalized spacial score (nSPS) is 25.2. The van der Waals surface area contributed by atoms with Gasteiger partial charge in [0, 0.05) is 6.04 Å². The molecule has 1 heterocycles. The van der Waals surface area contributed by atoms with Crippen molar-refractivity contribution in [2.24, 2.45) is 0 Å². The van der Waals surface area contributed by atoms with Gasteiger partial charge in [0.15, 0.2) is 0 Å². The number of nitrogen functional groups attached to an aromatic ring is 1. The molecule has 1 aliphatic rings. The maximum atomic E-state index is 9.77. The summed E-state index contributed by atoms with van der Waals surface area (Å²) in [5, 5.41) is 9.77. The molecule has 1 aromatic heterocycles. The van der Waals surface area contributed by atoms with E-state index in [1.165, 1.54) is 0 Å². The minimum atomic E-state index is -0.200. The van der Waals surface area contributed by atoms with Gasteiger partial charge in [0.1, 0.15) is 0 Å². The maximum Gasteiger partial charge on any atom is 0.201 e. The lowest BCUT2D eigenvalue weighted by Crippen LogP contribution is -2.23. The fourth-order valence-electron chi connectivity index (χ4n) is 2.82. The highest BCUT2D eigenvalue weighted by molar-refractivity contribution is 5.78. The van der Waals surface area contributed by atoms with E-state index in [0.717, 1.165) is 36.7 Å². The highest BCUT2D eigenvalue weighted by atomic mass is 16.3. The molecular weight excluding hydrogens is 214 g/mol. The molecule has 4 nitrogen and oxygen atoms in total. The third-order valence-corrected chi connectivity index (χ3v) is 3.61. The lowest BCUT2D eigenvalue weighted by atomic mass is 9.93. The molecule has 0 bridgehead atoms. The summed E-state index contributed by atoms with van der Waals surface area (Å²) in [6.45, 7) is 0. The van der Waals surface area contributed by atoms with Crippen LogP contribution in [-0.2, 0) is 0 Å². The first-order valence-corrected chi connectivity index (χ1v) is 6.16. The number of fused-ring (bicyclic) bond motifs is 1. The Morgan fingerprint density at radius 3 is 2.94 bits per heavy atom. The molecule has 0 saturated heterocycles. The zero-order valence-electron chi connectivity index (χ0n) is 9.71. The second-order valence-electron chi connectivity index (χ2n) is 4.80. The third-order valence-electron chi connectivity index (χ3n) is 3.61. The molecule has 4 heteroatoms. The van der Waals surface area contributed by atoms with E-state index < -0.39 is 0 Å². The minimum absolute atomic E-state index is 0.200. The van der Waals surface area contributed by atoms with Crippen molar-refractivity contribution in [1.29, 1.82) is 0 Å². The van der Waals surface area contributed by atoms with Gasteiger partial charge in [-0.15, -0.1) is 0 Å². The summed E-state index contributed by atoms with van der Waals surface area (Å²) in [4.78, 5) is 4.37. The van der Waals surface area contributed by atoms with Gasteiger partial charge in [-0.05, 0) is 37.8 Å². The molecule has 0 spiro atoms. The van der Waals surface area contributed by atoms with Gasteiger partial charge in [-0.1, -0.05) is 12.1 Å². The van der Waals surface area contributed by atoms with Gasteiger partial charge in [-0.25, -0.2) is 4.98 Å². The van der Waals surface area contributed by atoms with Crippen LogP contribution in [0.1, 0.15) is 31.7 Å². The van der Waals surface area contributed by atoms with Crippen LogP contribution in [0.4, 0.5) is 5.95 Å². The average molecular weight is 231 g/mol. The van der Waals surface area contributed by atoms with Gasteiger partial charge in [-0.2, -0.15) is 0 Å². The van der Waals surface area contributed by atoms with Crippen molar-refractivity contribution in [3.8, 4) is 0 Å². The molecule has 3 N–H and O–H groups in total. The first-order chi connectivity index (χ1) is 8.25. The van der Waals surface area contributed by atoms with Crippen molar-refractivity contribution >= 4 is 17.0 Å². The number of aromatic nitrogens is 2. The maximum absolute atomic E-state index is 9.77. The fraction of sp³-hybridized carbons (Fsp3) is 0.462. The molecule has 1 saturated carbocycles. The molecular formula is C13H17N3O. The number of hydrogen-bond donors (Lipinski definition) is 2. The number of aliphatic hydroxyl groups is 1. The summed E-state index contributed by atoms with van der Waals surface area (Å²) >= 11 is 0. The zero-order chi connectivity index (χ0) is 11.8. The first-order valence-electron chi connectivity index (χ1n) is 6.16. The Bertz CT molecular complexity index is 534. The number of hydrogen-bond acceptors (Lipinski definition) is 3. The fourth-order valence-corrected chi connectivity index (χ4v) is 2.82. The van der Waals surface area contributed by atoms with Crippen LogP contribution in [0.2, 0.25) is 0 Å². The van der Waals surface area contributed by atoms with E-state index in [9.17, 15) is 5.11 Å². The van der Waals surface area contributed by atoms with Crippen LogP contribution in [0.15, 0.2) is 24.3 Å². The van der Waals surface area contributed by atoms with E-state index in [0.29, 0.717) is 5.95 Å². The second kappa shape index (κ2) is 4.04. The van der Waals surface area contributed by atoms with E-state index >= 15 is 0 Å². The van der Waals surface area contributed by atoms with E-state index in [4.69, 9.17) is 5.73 Å². The number of para-hydroxylation sites is 2.